The maximum atomic E-state index is 11.4. The smallest absolute Gasteiger partial charge is 0.414 e. The molecule has 0 radical (unpaired) electrons. The van der Waals surface area contributed by atoms with E-state index in [1.165, 1.54) is 6.20 Å². The lowest BCUT2D eigenvalue weighted by atomic mass is 10.1. The van der Waals surface area contributed by atoms with Gasteiger partial charge >= 0.3 is 6.09 Å². The minimum Gasteiger partial charge on any atom is -0.497 e. The molecule has 2 rings (SSSR count). The number of amides is 1. The Morgan fingerprint density at radius 2 is 2.11 bits per heavy atom. The fraction of sp³-hybridized carbons (Fsp3) is 0.231. The molecule has 1 aromatic carbocycles. The lowest BCUT2D eigenvalue weighted by Crippen LogP contribution is -2.13. The summed E-state index contributed by atoms with van der Waals surface area (Å²) in [5.74, 6) is 1.00. The summed E-state index contributed by atoms with van der Waals surface area (Å²) >= 11 is 0. The van der Waals surface area contributed by atoms with E-state index in [0.29, 0.717) is 5.56 Å². The third-order valence-electron chi connectivity index (χ3n) is 2.46. The van der Waals surface area contributed by atoms with Gasteiger partial charge in [0.25, 0.3) is 0 Å². The minimum atomic E-state index is -0.575. The van der Waals surface area contributed by atoms with Crippen molar-refractivity contribution >= 4 is 12.0 Å². The summed E-state index contributed by atoms with van der Waals surface area (Å²) in [5.41, 5.74) is 1.53. The zero-order valence-electron chi connectivity index (χ0n) is 10.7. The number of benzene rings is 1. The lowest BCUT2D eigenvalue weighted by Gasteiger charge is -2.05. The largest absolute Gasteiger partial charge is 0.497 e. The second-order valence-corrected chi connectivity index (χ2v) is 3.64. The summed E-state index contributed by atoms with van der Waals surface area (Å²) in [6, 6.07) is 7.33. The van der Waals surface area contributed by atoms with E-state index in [2.05, 4.69) is 10.5 Å². The first-order valence-corrected chi connectivity index (χ1v) is 5.77. The van der Waals surface area contributed by atoms with Crippen LogP contribution in [0.1, 0.15) is 6.92 Å². The van der Waals surface area contributed by atoms with Crippen molar-refractivity contribution in [2.24, 2.45) is 0 Å². The number of nitrogens with one attached hydrogen (secondary N) is 1. The fourth-order valence-corrected chi connectivity index (χ4v) is 1.57. The van der Waals surface area contributed by atoms with Crippen LogP contribution in [0, 0.1) is 0 Å². The summed E-state index contributed by atoms with van der Waals surface area (Å²) in [6.45, 7) is 2.02. The molecule has 0 bridgehead atoms. The van der Waals surface area contributed by atoms with Crippen molar-refractivity contribution in [3.63, 3.8) is 0 Å². The maximum Gasteiger partial charge on any atom is 0.414 e. The molecule has 1 N–H and O–H groups in total. The first kappa shape index (κ1) is 12.9. The predicted molar refractivity (Wildman–Crippen MR) is 69.1 cm³/mol. The Morgan fingerprint density at radius 1 is 1.37 bits per heavy atom. The van der Waals surface area contributed by atoms with E-state index in [0.717, 1.165) is 11.3 Å². The summed E-state index contributed by atoms with van der Waals surface area (Å²) in [6.07, 6.45) is 0.956. The molecular formula is C13H14N2O4. The van der Waals surface area contributed by atoms with Gasteiger partial charge in [0.05, 0.1) is 25.5 Å². The number of hydrogen-bond donors (Lipinski definition) is 1. The van der Waals surface area contributed by atoms with Gasteiger partial charge in [-0.25, -0.2) is 4.79 Å². The summed E-state index contributed by atoms with van der Waals surface area (Å²) in [5, 5.41) is 6.17. The van der Waals surface area contributed by atoms with Gasteiger partial charge in [0.2, 0.25) is 5.88 Å². The second-order valence-electron chi connectivity index (χ2n) is 3.64. The average Bonchev–Trinajstić information content (AvgIpc) is 2.87. The van der Waals surface area contributed by atoms with Crippen LogP contribution in [0.5, 0.6) is 5.75 Å². The zero-order valence-corrected chi connectivity index (χ0v) is 10.7. The van der Waals surface area contributed by atoms with Crippen LogP contribution in [-0.4, -0.2) is 25.0 Å². The van der Waals surface area contributed by atoms with E-state index in [1.54, 1.807) is 14.0 Å². The molecule has 0 spiro atoms. The van der Waals surface area contributed by atoms with Crippen LogP contribution < -0.4 is 10.1 Å². The SMILES string of the molecule is CCOC(=O)Nc1oncc1-c1ccc(OC)cc1. The molecule has 1 heterocycles. The van der Waals surface area contributed by atoms with Crippen molar-refractivity contribution in [1.82, 2.24) is 5.16 Å². The average molecular weight is 262 g/mol. The Hall–Kier alpha value is -2.50. The van der Waals surface area contributed by atoms with Gasteiger partial charge in [-0.3, -0.25) is 5.32 Å². The molecule has 0 saturated heterocycles. The number of nitrogens with zero attached hydrogens (tertiary/aromatic N) is 1. The number of hydrogen-bond acceptors (Lipinski definition) is 5. The summed E-state index contributed by atoms with van der Waals surface area (Å²) in [7, 11) is 1.60. The predicted octanol–water partition coefficient (Wildman–Crippen LogP) is 2.92. The molecule has 0 aliphatic rings. The number of methoxy groups -OCH3 is 1. The van der Waals surface area contributed by atoms with E-state index in [4.69, 9.17) is 14.0 Å². The molecule has 6 nitrogen and oxygen atoms in total. The summed E-state index contributed by atoms with van der Waals surface area (Å²) < 4.78 is 14.9. The molecule has 0 saturated carbocycles. The van der Waals surface area contributed by atoms with E-state index in [1.807, 2.05) is 24.3 Å². The van der Waals surface area contributed by atoms with Crippen LogP contribution in [0.4, 0.5) is 10.7 Å². The highest BCUT2D eigenvalue weighted by atomic mass is 16.6. The van der Waals surface area contributed by atoms with Crippen molar-refractivity contribution in [2.75, 3.05) is 19.0 Å². The van der Waals surface area contributed by atoms with Gasteiger partial charge in [-0.2, -0.15) is 0 Å². The summed E-state index contributed by atoms with van der Waals surface area (Å²) in [4.78, 5) is 11.4. The quantitative estimate of drug-likeness (QED) is 0.917. The molecule has 0 unspecified atom stereocenters. The lowest BCUT2D eigenvalue weighted by molar-refractivity contribution is 0.167. The Labute approximate surface area is 110 Å². The van der Waals surface area contributed by atoms with E-state index < -0.39 is 6.09 Å². The number of aromatic nitrogens is 1. The van der Waals surface area contributed by atoms with Crippen molar-refractivity contribution in [1.29, 1.82) is 0 Å². The van der Waals surface area contributed by atoms with E-state index in [9.17, 15) is 4.79 Å². The van der Waals surface area contributed by atoms with Gasteiger partial charge in [-0.1, -0.05) is 17.3 Å². The minimum absolute atomic E-state index is 0.253. The van der Waals surface area contributed by atoms with Gasteiger partial charge in [-0.15, -0.1) is 0 Å². The van der Waals surface area contributed by atoms with Crippen molar-refractivity contribution in [3.8, 4) is 16.9 Å². The van der Waals surface area contributed by atoms with Crippen LogP contribution in [-0.2, 0) is 4.74 Å². The molecule has 1 aromatic heterocycles. The van der Waals surface area contributed by atoms with Crippen LogP contribution in [0.25, 0.3) is 11.1 Å². The Morgan fingerprint density at radius 3 is 2.74 bits per heavy atom. The maximum absolute atomic E-state index is 11.4. The van der Waals surface area contributed by atoms with Crippen LogP contribution in [0.3, 0.4) is 0 Å². The van der Waals surface area contributed by atoms with Gasteiger partial charge in [0.1, 0.15) is 5.75 Å². The van der Waals surface area contributed by atoms with E-state index >= 15 is 0 Å². The first-order chi connectivity index (χ1) is 9.24. The molecule has 0 atom stereocenters. The van der Waals surface area contributed by atoms with Gasteiger partial charge < -0.3 is 14.0 Å². The molecule has 100 valence electrons. The third kappa shape index (κ3) is 3.04. The molecule has 1 amide bonds. The molecular weight excluding hydrogens is 248 g/mol. The topological polar surface area (TPSA) is 73.6 Å². The Kier molecular flexibility index (Phi) is 4.02. The molecule has 19 heavy (non-hydrogen) atoms. The van der Waals surface area contributed by atoms with Gasteiger partial charge in [0.15, 0.2) is 0 Å². The van der Waals surface area contributed by atoms with Crippen molar-refractivity contribution in [3.05, 3.63) is 30.5 Å². The highest BCUT2D eigenvalue weighted by molar-refractivity contribution is 5.88. The fourth-order valence-electron chi connectivity index (χ4n) is 1.57. The second kappa shape index (κ2) is 5.90. The Balaban J connectivity index is 2.20. The highest BCUT2D eigenvalue weighted by Crippen LogP contribution is 2.29. The number of ether oxygens (including phenoxy) is 2. The first-order valence-electron chi connectivity index (χ1n) is 5.77. The standard InChI is InChI=1S/C13H14N2O4/c1-3-18-13(16)15-12-11(8-14-19-12)9-4-6-10(17-2)7-5-9/h4-8H,3H2,1-2H3,(H,15,16). The van der Waals surface area contributed by atoms with Crippen LogP contribution >= 0.6 is 0 Å². The molecule has 0 aliphatic carbocycles. The molecule has 0 fully saturated rings. The number of anilines is 1. The Bertz CT molecular complexity index is 548. The number of carbonyl (C=O) groups is 1. The number of carbonyl (C=O) groups excluding carboxylic acids is 1. The number of rotatable bonds is 4. The van der Waals surface area contributed by atoms with Gasteiger partial charge in [-0.05, 0) is 24.6 Å². The van der Waals surface area contributed by atoms with Crippen molar-refractivity contribution < 1.29 is 18.8 Å². The third-order valence-corrected chi connectivity index (χ3v) is 2.46. The monoisotopic (exact) mass is 262 g/mol. The molecule has 2 aromatic rings. The van der Waals surface area contributed by atoms with Crippen molar-refractivity contribution in [2.45, 2.75) is 6.92 Å². The van der Waals surface area contributed by atoms with Crippen LogP contribution in [0.15, 0.2) is 35.0 Å². The molecule has 0 aliphatic heterocycles. The highest BCUT2D eigenvalue weighted by Gasteiger charge is 2.13. The molecule has 6 heteroatoms. The normalized spacial score (nSPS) is 10.0. The zero-order chi connectivity index (χ0) is 13.7. The van der Waals surface area contributed by atoms with E-state index in [-0.39, 0.29) is 12.5 Å². The van der Waals surface area contributed by atoms with Gasteiger partial charge in [0, 0.05) is 0 Å². The van der Waals surface area contributed by atoms with Crippen LogP contribution in [0.2, 0.25) is 0 Å².